The Kier molecular flexibility index (Phi) is 4.36. The molecule has 17 heavy (non-hydrogen) atoms. The average molecular weight is 240 g/mol. The second kappa shape index (κ2) is 5.80. The van der Waals surface area contributed by atoms with Crippen LogP contribution in [0.4, 0.5) is 0 Å². The quantitative estimate of drug-likeness (QED) is 0.586. The lowest BCUT2D eigenvalue weighted by molar-refractivity contribution is -0.123. The number of rotatable bonds is 5. The number of nitrogens with one attached hydrogen (secondary N) is 3. The fraction of sp³-hybridized carbons (Fsp3) is 0.917. The molecule has 0 radical (unpaired) electrons. The first-order valence-electron chi connectivity index (χ1n) is 6.61. The first-order chi connectivity index (χ1) is 8.16. The summed E-state index contributed by atoms with van der Waals surface area (Å²) in [6.45, 7) is 5.41. The highest BCUT2D eigenvalue weighted by atomic mass is 16.2. The second-order valence-corrected chi connectivity index (χ2v) is 5.27. The van der Waals surface area contributed by atoms with E-state index in [1.165, 1.54) is 12.8 Å². The highest BCUT2D eigenvalue weighted by Crippen LogP contribution is 2.24. The predicted octanol–water partition coefficient (Wildman–Crippen LogP) is -0.853. The van der Waals surface area contributed by atoms with E-state index in [9.17, 15) is 4.79 Å². The van der Waals surface area contributed by atoms with E-state index in [0.29, 0.717) is 6.04 Å². The minimum absolute atomic E-state index is 0.0718. The normalized spacial score (nSPS) is 29.4. The lowest BCUT2D eigenvalue weighted by Gasteiger charge is -2.28. The zero-order chi connectivity index (χ0) is 12.3. The van der Waals surface area contributed by atoms with Crippen LogP contribution < -0.4 is 16.0 Å². The molecular weight excluding hydrogens is 216 g/mol. The van der Waals surface area contributed by atoms with Gasteiger partial charge < -0.3 is 20.9 Å². The summed E-state index contributed by atoms with van der Waals surface area (Å²) >= 11 is 0. The number of likely N-dealkylation sites (N-methyl/N-ethyl adjacent to an activating group) is 1. The summed E-state index contributed by atoms with van der Waals surface area (Å²) < 4.78 is 0. The molecule has 2 aliphatic rings. The number of carbonyl (C=O) groups is 1. The Morgan fingerprint density at radius 2 is 2.12 bits per heavy atom. The monoisotopic (exact) mass is 240 g/mol. The van der Waals surface area contributed by atoms with Crippen LogP contribution in [0.1, 0.15) is 19.8 Å². The number of hydrogen-bond acceptors (Lipinski definition) is 4. The second-order valence-electron chi connectivity index (χ2n) is 5.27. The van der Waals surface area contributed by atoms with Gasteiger partial charge in [0.05, 0.1) is 6.04 Å². The summed E-state index contributed by atoms with van der Waals surface area (Å²) in [5.74, 6) is 0.119. The van der Waals surface area contributed by atoms with Gasteiger partial charge in [-0.25, -0.2) is 0 Å². The number of nitrogens with zero attached hydrogens (tertiary/aromatic N) is 1. The van der Waals surface area contributed by atoms with Crippen LogP contribution in [0.3, 0.4) is 0 Å². The van der Waals surface area contributed by atoms with E-state index in [0.717, 1.165) is 32.2 Å². The summed E-state index contributed by atoms with van der Waals surface area (Å²) in [5, 5.41) is 9.56. The maximum Gasteiger partial charge on any atom is 0.238 e. The minimum atomic E-state index is -0.0718. The average Bonchev–Trinajstić information content (AvgIpc) is 3.13. The molecule has 5 heteroatoms. The van der Waals surface area contributed by atoms with E-state index >= 15 is 0 Å². The molecule has 2 rings (SSSR count). The molecular formula is C12H24N4O. The van der Waals surface area contributed by atoms with Crippen LogP contribution in [0.15, 0.2) is 0 Å². The third kappa shape index (κ3) is 3.94. The van der Waals surface area contributed by atoms with E-state index < -0.39 is 0 Å². The van der Waals surface area contributed by atoms with Crippen molar-refractivity contribution in [2.45, 2.75) is 37.9 Å². The van der Waals surface area contributed by atoms with Crippen LogP contribution in [0.5, 0.6) is 0 Å². The lowest BCUT2D eigenvalue weighted by atomic mass is 10.1. The fourth-order valence-electron chi connectivity index (χ4n) is 2.14. The predicted molar refractivity (Wildman–Crippen MR) is 67.9 cm³/mol. The van der Waals surface area contributed by atoms with Crippen molar-refractivity contribution in [3.63, 3.8) is 0 Å². The van der Waals surface area contributed by atoms with Crippen molar-refractivity contribution in [2.75, 3.05) is 33.2 Å². The topological polar surface area (TPSA) is 56.4 Å². The smallest absolute Gasteiger partial charge is 0.238 e. The van der Waals surface area contributed by atoms with Crippen molar-refractivity contribution in [1.29, 1.82) is 0 Å². The fourth-order valence-corrected chi connectivity index (χ4v) is 2.14. The molecule has 0 aromatic heterocycles. The molecule has 0 aromatic rings. The molecule has 1 aliphatic heterocycles. The summed E-state index contributed by atoms with van der Waals surface area (Å²) in [6, 6.07) is 1.15. The number of amides is 1. The van der Waals surface area contributed by atoms with E-state index in [-0.39, 0.29) is 11.9 Å². The van der Waals surface area contributed by atoms with Gasteiger partial charge in [0.1, 0.15) is 0 Å². The molecule has 1 aliphatic carbocycles. The highest BCUT2D eigenvalue weighted by Gasteiger charge is 2.26. The Morgan fingerprint density at radius 3 is 2.71 bits per heavy atom. The third-order valence-corrected chi connectivity index (χ3v) is 3.59. The van der Waals surface area contributed by atoms with Gasteiger partial charge in [-0.15, -0.1) is 0 Å². The van der Waals surface area contributed by atoms with Gasteiger partial charge in [-0.05, 0) is 26.8 Å². The largest absolute Gasteiger partial charge is 0.353 e. The summed E-state index contributed by atoms with van der Waals surface area (Å²) in [5.41, 5.74) is 0. The number of hydrogen-bond donors (Lipinski definition) is 3. The molecule has 98 valence electrons. The molecule has 2 atom stereocenters. The first-order valence-corrected chi connectivity index (χ1v) is 6.61. The van der Waals surface area contributed by atoms with Crippen LogP contribution >= 0.6 is 0 Å². The Balaban J connectivity index is 1.59. The van der Waals surface area contributed by atoms with Crippen LogP contribution in [0.2, 0.25) is 0 Å². The van der Waals surface area contributed by atoms with Crippen molar-refractivity contribution < 1.29 is 4.79 Å². The Labute approximate surface area is 103 Å². The van der Waals surface area contributed by atoms with Gasteiger partial charge in [0, 0.05) is 38.3 Å². The van der Waals surface area contributed by atoms with Gasteiger partial charge in [0.25, 0.3) is 0 Å². The maximum atomic E-state index is 11.8. The maximum absolute atomic E-state index is 11.8. The number of piperazine rings is 1. The molecule has 0 aromatic carbocycles. The Morgan fingerprint density at radius 1 is 1.35 bits per heavy atom. The van der Waals surface area contributed by atoms with Crippen molar-refractivity contribution in [1.82, 2.24) is 20.9 Å². The van der Waals surface area contributed by atoms with E-state index in [1.54, 1.807) is 0 Å². The molecule has 3 N–H and O–H groups in total. The van der Waals surface area contributed by atoms with Gasteiger partial charge in [-0.2, -0.15) is 0 Å². The standard InChI is InChI=1S/C12H24N4O/c1-9-7-15-11(8-14-9)12(17)13-5-6-16(2)10-3-4-10/h9-11,14-15H,3-8H2,1-2H3,(H,13,17). The summed E-state index contributed by atoms with van der Waals surface area (Å²) in [6.07, 6.45) is 2.63. The molecule has 1 saturated heterocycles. The molecule has 1 heterocycles. The molecule has 2 fully saturated rings. The van der Waals surface area contributed by atoms with Crippen molar-refractivity contribution in [3.8, 4) is 0 Å². The Bertz CT molecular complexity index is 259. The van der Waals surface area contributed by atoms with Crippen LogP contribution in [0, 0.1) is 0 Å². The van der Waals surface area contributed by atoms with Gasteiger partial charge >= 0.3 is 0 Å². The van der Waals surface area contributed by atoms with E-state index in [4.69, 9.17) is 0 Å². The van der Waals surface area contributed by atoms with Gasteiger partial charge in [0.2, 0.25) is 5.91 Å². The van der Waals surface area contributed by atoms with Crippen molar-refractivity contribution in [2.24, 2.45) is 0 Å². The minimum Gasteiger partial charge on any atom is -0.353 e. The van der Waals surface area contributed by atoms with Gasteiger partial charge in [-0.3, -0.25) is 4.79 Å². The zero-order valence-electron chi connectivity index (χ0n) is 10.8. The third-order valence-electron chi connectivity index (χ3n) is 3.59. The SMILES string of the molecule is CC1CNC(C(=O)NCCN(C)C2CC2)CN1. The Hall–Kier alpha value is -0.650. The molecule has 5 nitrogen and oxygen atoms in total. The number of carbonyl (C=O) groups excluding carboxylic acids is 1. The lowest BCUT2D eigenvalue weighted by Crippen LogP contribution is -2.59. The highest BCUT2D eigenvalue weighted by molar-refractivity contribution is 5.82. The molecule has 2 unspecified atom stereocenters. The zero-order valence-corrected chi connectivity index (χ0v) is 10.8. The van der Waals surface area contributed by atoms with Crippen molar-refractivity contribution >= 4 is 5.91 Å². The van der Waals surface area contributed by atoms with Gasteiger partial charge in [0.15, 0.2) is 0 Å². The molecule has 1 saturated carbocycles. The van der Waals surface area contributed by atoms with Crippen LogP contribution in [0.25, 0.3) is 0 Å². The van der Waals surface area contributed by atoms with E-state index in [1.807, 2.05) is 0 Å². The first kappa shape index (κ1) is 12.8. The van der Waals surface area contributed by atoms with Gasteiger partial charge in [-0.1, -0.05) is 0 Å². The van der Waals surface area contributed by atoms with Crippen LogP contribution in [-0.2, 0) is 4.79 Å². The van der Waals surface area contributed by atoms with Crippen LogP contribution in [-0.4, -0.2) is 62.2 Å². The molecule has 1 amide bonds. The molecule has 0 spiro atoms. The van der Waals surface area contributed by atoms with Crippen molar-refractivity contribution in [3.05, 3.63) is 0 Å². The summed E-state index contributed by atoms with van der Waals surface area (Å²) in [7, 11) is 2.13. The summed E-state index contributed by atoms with van der Waals surface area (Å²) in [4.78, 5) is 14.2. The molecule has 0 bridgehead atoms. The van der Waals surface area contributed by atoms with E-state index in [2.05, 4.69) is 34.8 Å².